The van der Waals surface area contributed by atoms with Crippen molar-refractivity contribution in [2.24, 2.45) is 0 Å². The highest BCUT2D eigenvalue weighted by atomic mass is 16.5. The average Bonchev–Trinajstić information content (AvgIpc) is 2.97. The number of rotatable bonds is 8. The van der Waals surface area contributed by atoms with Gasteiger partial charge in [-0.25, -0.2) is 0 Å². The van der Waals surface area contributed by atoms with Gasteiger partial charge in [0.05, 0.1) is 27.0 Å². The largest absolute Gasteiger partial charge is 0.493 e. The molecule has 0 unspecified atom stereocenters. The molecule has 0 saturated carbocycles. The first kappa shape index (κ1) is 15.3. The van der Waals surface area contributed by atoms with E-state index in [0.29, 0.717) is 30.4 Å². The van der Waals surface area contributed by atoms with E-state index in [-0.39, 0.29) is 0 Å². The van der Waals surface area contributed by atoms with Gasteiger partial charge in [-0.15, -0.1) is 0 Å². The van der Waals surface area contributed by atoms with Gasteiger partial charge in [-0.3, -0.25) is 0 Å². The standard InChI is InChI=1S/C16H21NO4/c1-4-17-10-15-12(8-9-20-15)11-21-16-13(18-2)6-5-7-14(16)19-3/h5-9,17H,4,10-11H2,1-3H3. The van der Waals surface area contributed by atoms with Crippen molar-refractivity contribution in [1.82, 2.24) is 5.32 Å². The van der Waals surface area contributed by atoms with Crippen molar-refractivity contribution in [3.05, 3.63) is 41.9 Å². The Hall–Kier alpha value is -2.14. The predicted molar refractivity (Wildman–Crippen MR) is 80.0 cm³/mol. The van der Waals surface area contributed by atoms with Gasteiger partial charge in [-0.1, -0.05) is 13.0 Å². The molecule has 114 valence electrons. The maximum absolute atomic E-state index is 5.88. The lowest BCUT2D eigenvalue weighted by molar-refractivity contribution is 0.263. The van der Waals surface area contributed by atoms with Crippen LogP contribution in [0.4, 0.5) is 0 Å². The number of furan rings is 1. The number of benzene rings is 1. The molecule has 2 aromatic rings. The van der Waals surface area contributed by atoms with Crippen LogP contribution in [-0.2, 0) is 13.2 Å². The van der Waals surface area contributed by atoms with E-state index in [0.717, 1.165) is 17.9 Å². The summed E-state index contributed by atoms with van der Waals surface area (Å²) in [6.45, 7) is 4.03. The molecule has 5 nitrogen and oxygen atoms in total. The third-order valence-corrected chi connectivity index (χ3v) is 3.13. The van der Waals surface area contributed by atoms with E-state index in [4.69, 9.17) is 18.6 Å². The minimum Gasteiger partial charge on any atom is -0.493 e. The Bertz CT molecular complexity index is 543. The fourth-order valence-corrected chi connectivity index (χ4v) is 2.00. The first-order chi connectivity index (χ1) is 10.3. The molecular weight excluding hydrogens is 270 g/mol. The summed E-state index contributed by atoms with van der Waals surface area (Å²) in [5.41, 5.74) is 1.00. The zero-order valence-electron chi connectivity index (χ0n) is 12.6. The second-order valence-electron chi connectivity index (χ2n) is 4.43. The van der Waals surface area contributed by atoms with Gasteiger partial charge in [-0.05, 0) is 24.7 Å². The molecule has 1 N–H and O–H groups in total. The number of nitrogens with one attached hydrogen (secondary N) is 1. The summed E-state index contributed by atoms with van der Waals surface area (Å²) >= 11 is 0. The van der Waals surface area contributed by atoms with Crippen molar-refractivity contribution in [3.63, 3.8) is 0 Å². The molecule has 1 heterocycles. The zero-order valence-corrected chi connectivity index (χ0v) is 12.6. The van der Waals surface area contributed by atoms with E-state index >= 15 is 0 Å². The number of ether oxygens (including phenoxy) is 3. The van der Waals surface area contributed by atoms with Crippen LogP contribution in [0.2, 0.25) is 0 Å². The van der Waals surface area contributed by atoms with Crippen molar-refractivity contribution in [2.75, 3.05) is 20.8 Å². The van der Waals surface area contributed by atoms with Gasteiger partial charge in [0.2, 0.25) is 5.75 Å². The highest BCUT2D eigenvalue weighted by Crippen LogP contribution is 2.37. The maximum atomic E-state index is 5.88. The van der Waals surface area contributed by atoms with Gasteiger partial charge in [0.1, 0.15) is 12.4 Å². The van der Waals surface area contributed by atoms with E-state index in [1.54, 1.807) is 20.5 Å². The summed E-state index contributed by atoms with van der Waals surface area (Å²) in [6.07, 6.45) is 1.67. The van der Waals surface area contributed by atoms with Crippen LogP contribution in [0, 0.1) is 0 Å². The molecule has 0 bridgehead atoms. The van der Waals surface area contributed by atoms with Crippen molar-refractivity contribution >= 4 is 0 Å². The topological polar surface area (TPSA) is 52.9 Å². The lowest BCUT2D eigenvalue weighted by Crippen LogP contribution is -2.13. The number of hydrogen-bond acceptors (Lipinski definition) is 5. The molecule has 1 aromatic carbocycles. The number of para-hydroxylation sites is 1. The first-order valence-corrected chi connectivity index (χ1v) is 6.89. The minimum absolute atomic E-state index is 0.397. The second-order valence-corrected chi connectivity index (χ2v) is 4.43. The molecule has 0 atom stereocenters. The molecule has 2 rings (SSSR count). The van der Waals surface area contributed by atoms with E-state index in [9.17, 15) is 0 Å². The van der Waals surface area contributed by atoms with Crippen LogP contribution in [-0.4, -0.2) is 20.8 Å². The van der Waals surface area contributed by atoms with Crippen LogP contribution < -0.4 is 19.5 Å². The molecule has 0 spiro atoms. The van der Waals surface area contributed by atoms with Crippen LogP contribution in [0.5, 0.6) is 17.2 Å². The van der Waals surface area contributed by atoms with Gasteiger partial charge in [-0.2, -0.15) is 0 Å². The molecule has 0 aliphatic rings. The Balaban J connectivity index is 2.11. The lowest BCUT2D eigenvalue weighted by Gasteiger charge is -2.14. The van der Waals surface area contributed by atoms with E-state index in [2.05, 4.69) is 12.2 Å². The molecule has 0 amide bonds. The highest BCUT2D eigenvalue weighted by Gasteiger charge is 2.13. The Morgan fingerprint density at radius 1 is 1.10 bits per heavy atom. The summed E-state index contributed by atoms with van der Waals surface area (Å²) in [4.78, 5) is 0. The van der Waals surface area contributed by atoms with Crippen molar-refractivity contribution < 1.29 is 18.6 Å². The summed E-state index contributed by atoms with van der Waals surface area (Å²) in [5, 5.41) is 3.24. The Kier molecular flexibility index (Phi) is 5.51. The Labute approximate surface area is 124 Å². The zero-order chi connectivity index (χ0) is 15.1. The second kappa shape index (κ2) is 7.59. The minimum atomic E-state index is 0.397. The molecule has 0 fully saturated rings. The molecule has 0 saturated heterocycles. The Morgan fingerprint density at radius 3 is 2.43 bits per heavy atom. The highest BCUT2D eigenvalue weighted by molar-refractivity contribution is 5.51. The summed E-state index contributed by atoms with van der Waals surface area (Å²) in [7, 11) is 3.21. The molecule has 5 heteroatoms. The average molecular weight is 291 g/mol. The lowest BCUT2D eigenvalue weighted by atomic mass is 10.2. The normalized spacial score (nSPS) is 10.4. The molecule has 0 radical (unpaired) electrons. The molecule has 21 heavy (non-hydrogen) atoms. The fourth-order valence-electron chi connectivity index (χ4n) is 2.00. The van der Waals surface area contributed by atoms with Gasteiger partial charge in [0, 0.05) is 5.56 Å². The summed E-state index contributed by atoms with van der Waals surface area (Å²) < 4.78 is 22.0. The van der Waals surface area contributed by atoms with Crippen LogP contribution >= 0.6 is 0 Å². The quantitative estimate of drug-likeness (QED) is 0.810. The number of methoxy groups -OCH3 is 2. The molecular formula is C16H21NO4. The van der Waals surface area contributed by atoms with Crippen LogP contribution in [0.15, 0.2) is 34.9 Å². The predicted octanol–water partition coefficient (Wildman–Crippen LogP) is 2.99. The molecule has 1 aromatic heterocycles. The van der Waals surface area contributed by atoms with Crippen LogP contribution in [0.3, 0.4) is 0 Å². The monoisotopic (exact) mass is 291 g/mol. The maximum Gasteiger partial charge on any atom is 0.203 e. The number of hydrogen-bond donors (Lipinski definition) is 1. The van der Waals surface area contributed by atoms with Crippen LogP contribution in [0.1, 0.15) is 18.2 Å². The van der Waals surface area contributed by atoms with Gasteiger partial charge in [0.15, 0.2) is 11.5 Å². The van der Waals surface area contributed by atoms with E-state index < -0.39 is 0 Å². The van der Waals surface area contributed by atoms with Crippen LogP contribution in [0.25, 0.3) is 0 Å². The molecule has 0 aliphatic carbocycles. The molecule has 0 aliphatic heterocycles. The van der Waals surface area contributed by atoms with E-state index in [1.165, 1.54) is 0 Å². The Morgan fingerprint density at radius 2 is 1.81 bits per heavy atom. The first-order valence-electron chi connectivity index (χ1n) is 6.89. The SMILES string of the molecule is CCNCc1occc1COc1c(OC)cccc1OC. The van der Waals surface area contributed by atoms with E-state index in [1.807, 2.05) is 24.3 Å². The summed E-state index contributed by atoms with van der Waals surface area (Å²) in [6, 6.07) is 7.45. The summed E-state index contributed by atoms with van der Waals surface area (Å²) in [5.74, 6) is 2.76. The van der Waals surface area contributed by atoms with Crippen molar-refractivity contribution in [3.8, 4) is 17.2 Å². The smallest absolute Gasteiger partial charge is 0.203 e. The fraction of sp³-hybridized carbons (Fsp3) is 0.375. The van der Waals surface area contributed by atoms with Gasteiger partial charge >= 0.3 is 0 Å². The van der Waals surface area contributed by atoms with Gasteiger partial charge in [0.25, 0.3) is 0 Å². The van der Waals surface area contributed by atoms with Crippen molar-refractivity contribution in [1.29, 1.82) is 0 Å². The third-order valence-electron chi connectivity index (χ3n) is 3.13. The van der Waals surface area contributed by atoms with Gasteiger partial charge < -0.3 is 23.9 Å². The van der Waals surface area contributed by atoms with Crippen molar-refractivity contribution in [2.45, 2.75) is 20.1 Å². The third kappa shape index (κ3) is 3.70.